The van der Waals surface area contributed by atoms with E-state index in [0.29, 0.717) is 5.82 Å². The summed E-state index contributed by atoms with van der Waals surface area (Å²) in [6, 6.07) is 10.0. The van der Waals surface area contributed by atoms with Crippen LogP contribution in [-0.2, 0) is 9.84 Å². The summed E-state index contributed by atoms with van der Waals surface area (Å²) in [5, 5.41) is 1.00. The predicted octanol–water partition coefficient (Wildman–Crippen LogP) is 2.81. The number of hydrogen-bond donors (Lipinski definition) is 0. The van der Waals surface area contributed by atoms with Crippen molar-refractivity contribution < 1.29 is 8.42 Å². The smallest absolute Gasteiger partial charge is 0.248 e. The van der Waals surface area contributed by atoms with Crippen LogP contribution in [0, 0.1) is 0 Å². The average Bonchev–Trinajstić information content (AvgIpc) is 3.06. The molecule has 1 aliphatic heterocycles. The summed E-state index contributed by atoms with van der Waals surface area (Å²) in [5.74, 6) is 0.557. The van der Waals surface area contributed by atoms with Crippen LogP contribution in [0.2, 0.25) is 0 Å². The van der Waals surface area contributed by atoms with Crippen LogP contribution in [0.15, 0.2) is 47.9 Å². The molecule has 0 bridgehead atoms. The molecule has 130 valence electrons. The molecule has 1 saturated heterocycles. The van der Waals surface area contributed by atoms with Gasteiger partial charge in [-0.05, 0) is 43.5 Å². The molecule has 1 aromatic carbocycles. The number of sulfone groups is 1. The highest BCUT2D eigenvalue weighted by Crippen LogP contribution is 2.31. The quantitative estimate of drug-likeness (QED) is 0.675. The van der Waals surface area contributed by atoms with Gasteiger partial charge in [0.2, 0.25) is 15.0 Å². The first kappa shape index (κ1) is 16.1. The summed E-state index contributed by atoms with van der Waals surface area (Å²) < 4.78 is 25.4. The van der Waals surface area contributed by atoms with Crippen molar-refractivity contribution in [2.75, 3.05) is 24.2 Å². The molecule has 1 fully saturated rings. The highest BCUT2D eigenvalue weighted by molar-refractivity contribution is 7.90. The molecule has 6 nitrogen and oxygen atoms in total. The fourth-order valence-corrected chi connectivity index (χ4v) is 3.92. The van der Waals surface area contributed by atoms with Gasteiger partial charge in [-0.1, -0.05) is 6.07 Å². The molecule has 4 rings (SSSR count). The molecule has 0 saturated carbocycles. The molecule has 0 unspecified atom stereocenters. The van der Waals surface area contributed by atoms with Crippen LogP contribution in [0.25, 0.3) is 16.7 Å². The summed E-state index contributed by atoms with van der Waals surface area (Å²) in [6.07, 6.45) is 8.28. The zero-order valence-electron chi connectivity index (χ0n) is 14.1. The molecule has 0 atom stereocenters. The Bertz CT molecular complexity index is 1020. The third kappa shape index (κ3) is 3.00. The molecule has 25 heavy (non-hydrogen) atoms. The number of aromatic nitrogens is 3. The first-order chi connectivity index (χ1) is 12.0. The van der Waals surface area contributed by atoms with Gasteiger partial charge < -0.3 is 9.47 Å². The monoisotopic (exact) mass is 356 g/mol. The Labute approximate surface area is 147 Å². The second-order valence-electron chi connectivity index (χ2n) is 6.41. The molecule has 2 aromatic heterocycles. The second-order valence-corrected chi connectivity index (χ2v) is 8.32. The molecule has 0 aliphatic carbocycles. The molecular weight excluding hydrogens is 336 g/mol. The van der Waals surface area contributed by atoms with Crippen LogP contribution in [0.4, 0.5) is 5.69 Å². The van der Waals surface area contributed by atoms with Crippen molar-refractivity contribution >= 4 is 26.4 Å². The van der Waals surface area contributed by atoms with Crippen LogP contribution in [-0.4, -0.2) is 42.3 Å². The Kier molecular flexibility index (Phi) is 3.95. The molecule has 0 spiro atoms. The van der Waals surface area contributed by atoms with Gasteiger partial charge in [0, 0.05) is 42.8 Å². The van der Waals surface area contributed by atoms with E-state index in [2.05, 4.69) is 27.0 Å². The molecule has 7 heteroatoms. The number of fused-ring (bicyclic) bond motifs is 1. The van der Waals surface area contributed by atoms with Crippen molar-refractivity contribution in [3.8, 4) is 5.82 Å². The molecule has 0 amide bonds. The number of hydrogen-bond acceptors (Lipinski definition) is 5. The van der Waals surface area contributed by atoms with Crippen LogP contribution in [0.1, 0.15) is 19.3 Å². The first-order valence-corrected chi connectivity index (χ1v) is 10.3. The number of rotatable bonds is 3. The van der Waals surface area contributed by atoms with Crippen molar-refractivity contribution in [1.29, 1.82) is 0 Å². The van der Waals surface area contributed by atoms with Gasteiger partial charge in [-0.25, -0.2) is 18.4 Å². The highest BCUT2D eigenvalue weighted by Gasteiger charge is 2.17. The highest BCUT2D eigenvalue weighted by atomic mass is 32.2. The van der Waals surface area contributed by atoms with E-state index in [1.807, 2.05) is 22.9 Å². The summed E-state index contributed by atoms with van der Waals surface area (Å²) in [7, 11) is -3.44. The summed E-state index contributed by atoms with van der Waals surface area (Å²) in [4.78, 5) is 10.5. The van der Waals surface area contributed by atoms with Crippen molar-refractivity contribution in [1.82, 2.24) is 14.5 Å². The minimum atomic E-state index is -3.44. The summed E-state index contributed by atoms with van der Waals surface area (Å²) in [6.45, 7) is 2.16. The van der Waals surface area contributed by atoms with Gasteiger partial charge in [-0.15, -0.1) is 0 Å². The molecule has 1 aliphatic rings. The third-order valence-corrected chi connectivity index (χ3v) is 5.46. The normalized spacial score (nSPS) is 15.6. The Hall–Kier alpha value is -2.41. The van der Waals surface area contributed by atoms with Gasteiger partial charge in [-0.3, -0.25) is 0 Å². The van der Waals surface area contributed by atoms with Crippen LogP contribution in [0.3, 0.4) is 0 Å². The average molecular weight is 356 g/mol. The fraction of sp³-hybridized carbons (Fsp3) is 0.333. The largest absolute Gasteiger partial charge is 0.371 e. The first-order valence-electron chi connectivity index (χ1n) is 8.42. The lowest BCUT2D eigenvalue weighted by Gasteiger charge is -2.29. The van der Waals surface area contributed by atoms with Gasteiger partial charge in [0.25, 0.3) is 0 Å². The molecule has 0 radical (unpaired) electrons. The Morgan fingerprint density at radius 3 is 2.60 bits per heavy atom. The SMILES string of the molecule is CS(=O)(=O)c1nccc(-n2ccc3c(N4CCCCC4)cccc32)n1. The zero-order valence-corrected chi connectivity index (χ0v) is 14.9. The predicted molar refractivity (Wildman–Crippen MR) is 98.0 cm³/mol. The summed E-state index contributed by atoms with van der Waals surface area (Å²) in [5.41, 5.74) is 2.24. The lowest BCUT2D eigenvalue weighted by molar-refractivity contribution is 0.579. The van der Waals surface area contributed by atoms with Crippen LogP contribution in [0.5, 0.6) is 0 Å². The van der Waals surface area contributed by atoms with Crippen molar-refractivity contribution in [3.63, 3.8) is 0 Å². The number of piperidine rings is 1. The van der Waals surface area contributed by atoms with Crippen molar-refractivity contribution in [3.05, 3.63) is 42.7 Å². The lowest BCUT2D eigenvalue weighted by atomic mass is 10.1. The van der Waals surface area contributed by atoms with E-state index >= 15 is 0 Å². The van der Waals surface area contributed by atoms with Gasteiger partial charge in [0.1, 0.15) is 5.82 Å². The van der Waals surface area contributed by atoms with E-state index in [1.165, 1.54) is 31.1 Å². The van der Waals surface area contributed by atoms with Crippen LogP contribution < -0.4 is 4.90 Å². The van der Waals surface area contributed by atoms with E-state index < -0.39 is 9.84 Å². The van der Waals surface area contributed by atoms with Gasteiger partial charge >= 0.3 is 0 Å². The lowest BCUT2D eigenvalue weighted by Crippen LogP contribution is -2.29. The molecule has 3 aromatic rings. The van der Waals surface area contributed by atoms with Gasteiger partial charge in [-0.2, -0.15) is 0 Å². The third-order valence-electron chi connectivity index (χ3n) is 4.60. The minimum Gasteiger partial charge on any atom is -0.371 e. The second kappa shape index (κ2) is 6.15. The Morgan fingerprint density at radius 2 is 1.84 bits per heavy atom. The summed E-state index contributed by atoms with van der Waals surface area (Å²) >= 11 is 0. The standard InChI is InChI=1S/C18H20N4O2S/c1-25(23,24)18-19-10-8-17(20-18)22-13-9-14-15(6-5-7-16(14)22)21-11-3-2-4-12-21/h5-10,13H,2-4,11-12H2,1H3. The van der Waals surface area contributed by atoms with E-state index in [0.717, 1.165) is 30.2 Å². The Morgan fingerprint density at radius 1 is 1.04 bits per heavy atom. The topological polar surface area (TPSA) is 68.1 Å². The molecule has 3 heterocycles. The van der Waals surface area contributed by atoms with E-state index in [9.17, 15) is 8.42 Å². The maximum atomic E-state index is 11.7. The van der Waals surface area contributed by atoms with E-state index in [4.69, 9.17) is 0 Å². The maximum Gasteiger partial charge on any atom is 0.248 e. The van der Waals surface area contributed by atoms with Crippen molar-refractivity contribution in [2.45, 2.75) is 24.4 Å². The molecule has 0 N–H and O–H groups in total. The van der Waals surface area contributed by atoms with Crippen molar-refractivity contribution in [2.24, 2.45) is 0 Å². The van der Waals surface area contributed by atoms with Gasteiger partial charge in [0.05, 0.1) is 5.52 Å². The van der Waals surface area contributed by atoms with Crippen LogP contribution >= 0.6 is 0 Å². The molecular formula is C18H20N4O2S. The maximum absolute atomic E-state index is 11.7. The Balaban J connectivity index is 1.82. The van der Waals surface area contributed by atoms with E-state index in [1.54, 1.807) is 6.07 Å². The fourth-order valence-electron chi connectivity index (χ4n) is 3.41. The number of benzene rings is 1. The minimum absolute atomic E-state index is 0.154. The number of nitrogens with zero attached hydrogens (tertiary/aromatic N) is 4. The van der Waals surface area contributed by atoms with E-state index in [-0.39, 0.29) is 5.16 Å². The van der Waals surface area contributed by atoms with Gasteiger partial charge in [0.15, 0.2) is 0 Å². The number of anilines is 1. The zero-order chi connectivity index (χ0) is 17.4.